The van der Waals surface area contributed by atoms with Crippen molar-refractivity contribution in [2.45, 2.75) is 39.3 Å². The van der Waals surface area contributed by atoms with Crippen molar-refractivity contribution in [2.75, 3.05) is 7.05 Å². The van der Waals surface area contributed by atoms with Gasteiger partial charge >= 0.3 is 0 Å². The van der Waals surface area contributed by atoms with E-state index in [1.165, 1.54) is 0 Å². The molecule has 3 aromatic carbocycles. The largest absolute Gasteiger partial charge is 0.357 e. The predicted molar refractivity (Wildman–Crippen MR) is 125 cm³/mol. The highest BCUT2D eigenvalue weighted by Gasteiger charge is 2.29. The maximum atomic E-state index is 13.5. The Bertz CT molecular complexity index is 996. The van der Waals surface area contributed by atoms with Crippen molar-refractivity contribution in [1.82, 2.24) is 10.2 Å². The number of hydrogen-bond donors (Lipinski definition) is 1. The number of likely N-dealkylation sites (N-methyl/N-ethyl adjacent to an activating group) is 1. The van der Waals surface area contributed by atoms with Crippen molar-refractivity contribution in [3.8, 4) is 0 Å². The van der Waals surface area contributed by atoms with Gasteiger partial charge in [-0.2, -0.15) is 0 Å². The van der Waals surface area contributed by atoms with Crippen LogP contribution in [0.1, 0.15) is 27.8 Å². The molecule has 0 saturated heterocycles. The monoisotopic (exact) mass is 414 g/mol. The Morgan fingerprint density at radius 1 is 0.806 bits per heavy atom. The maximum Gasteiger partial charge on any atom is 0.242 e. The lowest BCUT2D eigenvalue weighted by atomic mass is 10.0. The van der Waals surface area contributed by atoms with E-state index < -0.39 is 6.04 Å². The zero-order valence-electron chi connectivity index (χ0n) is 18.5. The van der Waals surface area contributed by atoms with Gasteiger partial charge in [-0.1, -0.05) is 90.0 Å². The maximum absolute atomic E-state index is 13.5. The van der Waals surface area contributed by atoms with Gasteiger partial charge in [-0.05, 0) is 30.5 Å². The second-order valence-corrected chi connectivity index (χ2v) is 8.00. The molecule has 2 amide bonds. The fourth-order valence-corrected chi connectivity index (χ4v) is 3.95. The number of aryl methyl sites for hydroxylation is 2. The lowest BCUT2D eigenvalue weighted by Gasteiger charge is -2.31. The SMILES string of the molecule is CNC(=O)C(Cc1ccccc1)N(Cc1ccccc1)C(=O)Cc1cc(C)cc(C)c1. The zero-order chi connectivity index (χ0) is 22.2. The molecule has 0 aromatic heterocycles. The minimum absolute atomic E-state index is 0.0571. The van der Waals surface area contributed by atoms with Gasteiger partial charge in [0.1, 0.15) is 6.04 Å². The molecule has 4 nitrogen and oxygen atoms in total. The van der Waals surface area contributed by atoms with Crippen LogP contribution in [0, 0.1) is 13.8 Å². The van der Waals surface area contributed by atoms with Gasteiger partial charge in [-0.3, -0.25) is 9.59 Å². The summed E-state index contributed by atoms with van der Waals surface area (Å²) in [4.78, 5) is 28.2. The van der Waals surface area contributed by atoms with E-state index in [0.29, 0.717) is 13.0 Å². The minimum Gasteiger partial charge on any atom is -0.357 e. The Hall–Kier alpha value is -3.40. The molecule has 0 spiro atoms. The first-order valence-electron chi connectivity index (χ1n) is 10.6. The van der Waals surface area contributed by atoms with Crippen LogP contribution in [0.5, 0.6) is 0 Å². The number of hydrogen-bond acceptors (Lipinski definition) is 2. The zero-order valence-corrected chi connectivity index (χ0v) is 18.5. The van der Waals surface area contributed by atoms with Gasteiger partial charge in [0.15, 0.2) is 0 Å². The molecular formula is C27H30N2O2. The fraction of sp³-hybridized carbons (Fsp3) is 0.259. The summed E-state index contributed by atoms with van der Waals surface area (Å²) in [7, 11) is 1.62. The second-order valence-electron chi connectivity index (χ2n) is 8.00. The topological polar surface area (TPSA) is 49.4 Å². The molecule has 0 aliphatic heterocycles. The van der Waals surface area contributed by atoms with E-state index in [9.17, 15) is 9.59 Å². The van der Waals surface area contributed by atoms with E-state index in [0.717, 1.165) is 27.8 Å². The first-order chi connectivity index (χ1) is 15.0. The molecule has 0 heterocycles. The number of carbonyl (C=O) groups excluding carboxylic acids is 2. The van der Waals surface area contributed by atoms with E-state index >= 15 is 0 Å². The Morgan fingerprint density at radius 2 is 1.35 bits per heavy atom. The molecule has 1 unspecified atom stereocenters. The third kappa shape index (κ3) is 6.29. The Kier molecular flexibility index (Phi) is 7.60. The van der Waals surface area contributed by atoms with Crippen LogP contribution >= 0.6 is 0 Å². The molecule has 3 aromatic rings. The summed E-state index contributed by atoms with van der Waals surface area (Å²) in [5.41, 5.74) is 5.25. The molecule has 0 radical (unpaired) electrons. The molecule has 0 saturated carbocycles. The number of nitrogens with zero attached hydrogens (tertiary/aromatic N) is 1. The molecule has 0 aliphatic rings. The molecule has 0 aliphatic carbocycles. The fourth-order valence-electron chi connectivity index (χ4n) is 3.95. The van der Waals surface area contributed by atoms with Crippen molar-refractivity contribution in [3.63, 3.8) is 0 Å². The van der Waals surface area contributed by atoms with Crippen molar-refractivity contribution < 1.29 is 9.59 Å². The molecular weight excluding hydrogens is 384 g/mol. The van der Waals surface area contributed by atoms with E-state index in [1.807, 2.05) is 86.6 Å². The van der Waals surface area contributed by atoms with Crippen LogP contribution < -0.4 is 5.32 Å². The van der Waals surface area contributed by atoms with Crippen LogP contribution in [0.4, 0.5) is 0 Å². The summed E-state index contributed by atoms with van der Waals surface area (Å²) in [6.45, 7) is 4.45. The molecule has 160 valence electrons. The van der Waals surface area contributed by atoms with Gasteiger partial charge in [0.2, 0.25) is 11.8 Å². The van der Waals surface area contributed by atoms with E-state index in [4.69, 9.17) is 0 Å². The van der Waals surface area contributed by atoms with Crippen LogP contribution in [-0.2, 0) is 29.0 Å². The Balaban J connectivity index is 1.93. The number of benzene rings is 3. The second kappa shape index (κ2) is 10.6. The summed E-state index contributed by atoms with van der Waals surface area (Å²) >= 11 is 0. The molecule has 4 heteroatoms. The van der Waals surface area contributed by atoms with Crippen molar-refractivity contribution in [2.24, 2.45) is 0 Å². The van der Waals surface area contributed by atoms with Gasteiger partial charge in [-0.15, -0.1) is 0 Å². The number of amides is 2. The van der Waals surface area contributed by atoms with E-state index in [2.05, 4.69) is 11.4 Å². The molecule has 0 bridgehead atoms. The van der Waals surface area contributed by atoms with Crippen molar-refractivity contribution >= 4 is 11.8 Å². The van der Waals surface area contributed by atoms with Crippen LogP contribution in [0.2, 0.25) is 0 Å². The number of carbonyl (C=O) groups is 2. The lowest BCUT2D eigenvalue weighted by Crippen LogP contribution is -2.50. The first kappa shape index (κ1) is 22.3. The van der Waals surface area contributed by atoms with Crippen LogP contribution in [0.3, 0.4) is 0 Å². The summed E-state index contributed by atoms with van der Waals surface area (Å²) < 4.78 is 0. The van der Waals surface area contributed by atoms with Crippen molar-refractivity contribution in [3.05, 3.63) is 107 Å². The van der Waals surface area contributed by atoms with E-state index in [1.54, 1.807) is 11.9 Å². The van der Waals surface area contributed by atoms with Gasteiger partial charge in [0, 0.05) is 20.0 Å². The average Bonchev–Trinajstić information content (AvgIpc) is 2.76. The smallest absolute Gasteiger partial charge is 0.242 e. The van der Waals surface area contributed by atoms with E-state index in [-0.39, 0.29) is 18.2 Å². The Labute approximate surface area is 184 Å². The summed E-state index contributed by atoms with van der Waals surface area (Å²) in [5, 5.41) is 2.76. The third-order valence-electron chi connectivity index (χ3n) is 5.35. The summed E-state index contributed by atoms with van der Waals surface area (Å²) in [6, 6.07) is 25.2. The number of nitrogens with one attached hydrogen (secondary N) is 1. The minimum atomic E-state index is -0.592. The predicted octanol–water partition coefficient (Wildman–Crippen LogP) is 4.23. The Morgan fingerprint density at radius 3 is 1.90 bits per heavy atom. The third-order valence-corrected chi connectivity index (χ3v) is 5.35. The van der Waals surface area contributed by atoms with Gasteiger partial charge < -0.3 is 10.2 Å². The molecule has 3 rings (SSSR count). The normalized spacial score (nSPS) is 11.6. The molecule has 1 atom stereocenters. The lowest BCUT2D eigenvalue weighted by molar-refractivity contribution is -0.140. The molecule has 1 N–H and O–H groups in total. The van der Waals surface area contributed by atoms with Crippen LogP contribution in [-0.4, -0.2) is 29.8 Å². The van der Waals surface area contributed by atoms with Gasteiger partial charge in [-0.25, -0.2) is 0 Å². The van der Waals surface area contributed by atoms with Gasteiger partial charge in [0.05, 0.1) is 6.42 Å². The molecule has 31 heavy (non-hydrogen) atoms. The summed E-state index contributed by atoms with van der Waals surface area (Å²) in [5.74, 6) is -0.216. The highest BCUT2D eigenvalue weighted by Crippen LogP contribution is 2.17. The molecule has 0 fully saturated rings. The van der Waals surface area contributed by atoms with Crippen molar-refractivity contribution in [1.29, 1.82) is 0 Å². The number of rotatable bonds is 8. The summed E-state index contributed by atoms with van der Waals surface area (Å²) in [6.07, 6.45) is 0.726. The van der Waals surface area contributed by atoms with Gasteiger partial charge in [0.25, 0.3) is 0 Å². The van der Waals surface area contributed by atoms with Crippen LogP contribution in [0.15, 0.2) is 78.9 Å². The quantitative estimate of drug-likeness (QED) is 0.600. The standard InChI is InChI=1S/C27H30N2O2/c1-20-14-21(2)16-24(15-20)18-26(30)29(19-23-12-8-5-9-13-23)25(27(31)28-3)17-22-10-6-4-7-11-22/h4-16,25H,17-19H2,1-3H3,(H,28,31). The highest BCUT2D eigenvalue weighted by atomic mass is 16.2. The average molecular weight is 415 g/mol. The highest BCUT2D eigenvalue weighted by molar-refractivity contribution is 5.88. The first-order valence-corrected chi connectivity index (χ1v) is 10.6. The van der Waals surface area contributed by atoms with Crippen LogP contribution in [0.25, 0.3) is 0 Å².